The van der Waals surface area contributed by atoms with Crippen molar-refractivity contribution in [3.8, 4) is 10.6 Å². The lowest BCUT2D eigenvalue weighted by atomic mass is 9.96. The Labute approximate surface area is 135 Å². The highest BCUT2D eigenvalue weighted by Gasteiger charge is 2.26. The van der Waals surface area contributed by atoms with Crippen LogP contribution in [0, 0.1) is 0 Å². The minimum atomic E-state index is -0.786. The Bertz CT molecular complexity index is 607. The maximum atomic E-state index is 12.0. The van der Waals surface area contributed by atoms with Gasteiger partial charge in [-0.2, -0.15) is 0 Å². The number of hydrogen-bond donors (Lipinski definition) is 2. The molecule has 22 heavy (non-hydrogen) atoms. The van der Waals surface area contributed by atoms with Gasteiger partial charge >= 0.3 is 0 Å². The summed E-state index contributed by atoms with van der Waals surface area (Å²) in [6.07, 6.45) is 2.30. The highest BCUT2D eigenvalue weighted by atomic mass is 32.1. The molecule has 118 valence electrons. The van der Waals surface area contributed by atoms with Gasteiger partial charge in [-0.15, -0.1) is 11.3 Å². The highest BCUT2D eigenvalue weighted by molar-refractivity contribution is 7.13. The molecular formula is C17H23N3OS. The molecule has 0 aliphatic heterocycles. The lowest BCUT2D eigenvalue weighted by Crippen LogP contribution is -2.51. The second-order valence-electron chi connectivity index (χ2n) is 5.68. The molecule has 3 N–H and O–H groups in total. The third kappa shape index (κ3) is 4.39. The summed E-state index contributed by atoms with van der Waals surface area (Å²) in [5.41, 5.74) is 7.34. The quantitative estimate of drug-likeness (QED) is 0.825. The van der Waals surface area contributed by atoms with Gasteiger partial charge in [0.15, 0.2) is 0 Å². The van der Waals surface area contributed by atoms with Crippen molar-refractivity contribution in [2.75, 3.05) is 6.54 Å². The highest BCUT2D eigenvalue weighted by Crippen LogP contribution is 2.23. The van der Waals surface area contributed by atoms with Gasteiger partial charge in [0, 0.05) is 23.9 Å². The standard InChI is InChI=1S/C17H23N3OS/c1-3-10-17(2,18)16(21)19-11-9-14-12-22-15(20-14)13-7-5-4-6-8-13/h4-8,12H,3,9-11,18H2,1-2H3,(H,19,21). The largest absolute Gasteiger partial charge is 0.354 e. The van der Waals surface area contributed by atoms with Crippen LogP contribution in [0.25, 0.3) is 10.6 Å². The average molecular weight is 317 g/mol. The van der Waals surface area contributed by atoms with E-state index in [0.29, 0.717) is 13.0 Å². The Morgan fingerprint density at radius 2 is 2.09 bits per heavy atom. The number of nitrogens with one attached hydrogen (secondary N) is 1. The maximum Gasteiger partial charge on any atom is 0.239 e. The fourth-order valence-corrected chi connectivity index (χ4v) is 3.13. The van der Waals surface area contributed by atoms with Gasteiger partial charge in [0.1, 0.15) is 5.01 Å². The van der Waals surface area contributed by atoms with E-state index in [4.69, 9.17) is 5.73 Å². The summed E-state index contributed by atoms with van der Waals surface area (Å²) in [5, 5.41) is 5.96. The Kier molecular flexibility index (Phi) is 5.69. The van der Waals surface area contributed by atoms with Gasteiger partial charge < -0.3 is 11.1 Å². The average Bonchev–Trinajstić information content (AvgIpc) is 2.97. The van der Waals surface area contributed by atoms with Gasteiger partial charge in [0.25, 0.3) is 0 Å². The van der Waals surface area contributed by atoms with Crippen molar-refractivity contribution in [2.45, 2.75) is 38.6 Å². The van der Waals surface area contributed by atoms with Crippen molar-refractivity contribution in [3.05, 3.63) is 41.4 Å². The first-order valence-corrected chi connectivity index (χ1v) is 8.48. The first kappa shape index (κ1) is 16.6. The van der Waals surface area contributed by atoms with Crippen LogP contribution in [-0.4, -0.2) is 23.0 Å². The maximum absolute atomic E-state index is 12.0. The van der Waals surface area contributed by atoms with Crippen molar-refractivity contribution < 1.29 is 4.79 Å². The molecule has 5 heteroatoms. The zero-order valence-electron chi connectivity index (χ0n) is 13.1. The molecule has 2 aromatic rings. The first-order valence-electron chi connectivity index (χ1n) is 7.60. The van der Waals surface area contributed by atoms with E-state index in [1.54, 1.807) is 18.3 Å². The number of carbonyl (C=O) groups excluding carboxylic acids is 1. The molecule has 0 saturated heterocycles. The third-order valence-electron chi connectivity index (χ3n) is 3.53. The van der Waals surface area contributed by atoms with Crippen molar-refractivity contribution in [3.63, 3.8) is 0 Å². The van der Waals surface area contributed by atoms with Crippen LogP contribution in [0.3, 0.4) is 0 Å². The minimum absolute atomic E-state index is 0.0899. The molecule has 0 aliphatic carbocycles. The fourth-order valence-electron chi connectivity index (χ4n) is 2.27. The number of aromatic nitrogens is 1. The molecule has 0 spiro atoms. The van der Waals surface area contributed by atoms with Crippen molar-refractivity contribution in [1.29, 1.82) is 0 Å². The smallest absolute Gasteiger partial charge is 0.239 e. The van der Waals surface area contributed by atoms with E-state index in [9.17, 15) is 4.79 Å². The second kappa shape index (κ2) is 7.51. The Morgan fingerprint density at radius 3 is 2.77 bits per heavy atom. The summed E-state index contributed by atoms with van der Waals surface area (Å²) < 4.78 is 0. The fraction of sp³-hybridized carbons (Fsp3) is 0.412. The summed E-state index contributed by atoms with van der Waals surface area (Å²) in [5.74, 6) is -0.0899. The molecule has 2 rings (SSSR count). The van der Waals surface area contributed by atoms with E-state index in [-0.39, 0.29) is 5.91 Å². The third-order valence-corrected chi connectivity index (χ3v) is 4.47. The number of rotatable bonds is 7. The SMILES string of the molecule is CCCC(C)(N)C(=O)NCCc1csc(-c2ccccc2)n1. The minimum Gasteiger partial charge on any atom is -0.354 e. The van der Waals surface area contributed by atoms with Gasteiger partial charge in [0.2, 0.25) is 5.91 Å². The van der Waals surface area contributed by atoms with Crippen LogP contribution in [-0.2, 0) is 11.2 Å². The summed E-state index contributed by atoms with van der Waals surface area (Å²) in [4.78, 5) is 16.6. The summed E-state index contributed by atoms with van der Waals surface area (Å²) in [6, 6.07) is 10.1. The zero-order valence-corrected chi connectivity index (χ0v) is 14.0. The molecule has 0 aliphatic rings. The van der Waals surface area contributed by atoms with E-state index in [2.05, 4.69) is 22.4 Å². The van der Waals surface area contributed by atoms with Gasteiger partial charge in [-0.05, 0) is 13.3 Å². The van der Waals surface area contributed by atoms with E-state index >= 15 is 0 Å². The molecule has 1 aromatic carbocycles. The lowest BCUT2D eigenvalue weighted by Gasteiger charge is -2.22. The molecule has 0 bridgehead atoms. The molecule has 4 nitrogen and oxygen atoms in total. The predicted molar refractivity (Wildman–Crippen MR) is 91.8 cm³/mol. The molecule has 1 amide bonds. The van der Waals surface area contributed by atoms with Crippen molar-refractivity contribution >= 4 is 17.2 Å². The number of amides is 1. The van der Waals surface area contributed by atoms with Crippen LogP contribution >= 0.6 is 11.3 Å². The predicted octanol–water partition coefficient (Wildman–Crippen LogP) is 2.99. The monoisotopic (exact) mass is 317 g/mol. The van der Waals surface area contributed by atoms with E-state index in [0.717, 1.165) is 29.1 Å². The van der Waals surface area contributed by atoms with E-state index < -0.39 is 5.54 Å². The molecule has 1 aromatic heterocycles. The molecule has 0 radical (unpaired) electrons. The van der Waals surface area contributed by atoms with E-state index in [1.807, 2.05) is 30.5 Å². The summed E-state index contributed by atoms with van der Waals surface area (Å²) in [7, 11) is 0. The van der Waals surface area contributed by atoms with E-state index in [1.165, 1.54) is 0 Å². The summed E-state index contributed by atoms with van der Waals surface area (Å²) >= 11 is 1.63. The lowest BCUT2D eigenvalue weighted by molar-refractivity contribution is -0.126. The molecular weight excluding hydrogens is 294 g/mol. The Morgan fingerprint density at radius 1 is 1.36 bits per heavy atom. The molecule has 0 fully saturated rings. The number of hydrogen-bond acceptors (Lipinski definition) is 4. The van der Waals surface area contributed by atoms with Crippen LogP contribution in [0.15, 0.2) is 35.7 Å². The van der Waals surface area contributed by atoms with Crippen LogP contribution in [0.4, 0.5) is 0 Å². The number of thiazole rings is 1. The molecule has 1 unspecified atom stereocenters. The van der Waals surface area contributed by atoms with Gasteiger partial charge in [0.05, 0.1) is 11.2 Å². The van der Waals surface area contributed by atoms with Gasteiger partial charge in [-0.1, -0.05) is 43.7 Å². The topological polar surface area (TPSA) is 68.0 Å². The molecule has 1 heterocycles. The van der Waals surface area contributed by atoms with Crippen LogP contribution in [0.2, 0.25) is 0 Å². The van der Waals surface area contributed by atoms with Crippen LogP contribution < -0.4 is 11.1 Å². The van der Waals surface area contributed by atoms with Crippen LogP contribution in [0.5, 0.6) is 0 Å². The number of nitrogens with two attached hydrogens (primary N) is 1. The van der Waals surface area contributed by atoms with Crippen molar-refractivity contribution in [2.24, 2.45) is 5.73 Å². The van der Waals surface area contributed by atoms with Gasteiger partial charge in [-0.25, -0.2) is 4.98 Å². The Hall–Kier alpha value is -1.72. The number of nitrogens with zero attached hydrogens (tertiary/aromatic N) is 1. The van der Waals surface area contributed by atoms with Crippen molar-refractivity contribution in [1.82, 2.24) is 10.3 Å². The number of carbonyl (C=O) groups is 1. The molecule has 0 saturated carbocycles. The first-order chi connectivity index (χ1) is 10.5. The second-order valence-corrected chi connectivity index (χ2v) is 6.54. The Balaban J connectivity index is 1.86. The number of benzene rings is 1. The van der Waals surface area contributed by atoms with Crippen LogP contribution in [0.1, 0.15) is 32.4 Å². The zero-order chi connectivity index (χ0) is 16.0. The molecule has 1 atom stereocenters. The summed E-state index contributed by atoms with van der Waals surface area (Å²) in [6.45, 7) is 4.37. The normalized spacial score (nSPS) is 13.6. The van der Waals surface area contributed by atoms with Gasteiger partial charge in [-0.3, -0.25) is 4.79 Å².